The van der Waals surface area contributed by atoms with Crippen LogP contribution in [0.15, 0.2) is 11.7 Å². The number of allylic oxidation sites excluding steroid dienone is 1. The Kier molecular flexibility index (Phi) is 11.9. The summed E-state index contributed by atoms with van der Waals surface area (Å²) in [6, 6.07) is 0. The highest BCUT2D eigenvalue weighted by atomic mass is 16.7. The molecule has 0 unspecified atom stereocenters. The van der Waals surface area contributed by atoms with Crippen LogP contribution in [0.2, 0.25) is 0 Å². The van der Waals surface area contributed by atoms with Gasteiger partial charge in [0.05, 0.1) is 13.2 Å². The zero-order valence-corrected chi connectivity index (χ0v) is 12.3. The molecule has 0 aliphatic carbocycles. The molecule has 0 aliphatic heterocycles. The van der Waals surface area contributed by atoms with Gasteiger partial charge < -0.3 is 18.9 Å². The molecule has 0 aliphatic rings. The van der Waals surface area contributed by atoms with E-state index in [1.165, 1.54) is 19.3 Å². The van der Waals surface area contributed by atoms with Crippen molar-refractivity contribution >= 4 is 0 Å². The lowest BCUT2D eigenvalue weighted by Gasteiger charge is -2.15. The van der Waals surface area contributed by atoms with Crippen molar-refractivity contribution in [2.24, 2.45) is 0 Å². The highest BCUT2D eigenvalue weighted by Gasteiger charge is 2.11. The topological polar surface area (TPSA) is 36.9 Å². The summed E-state index contributed by atoms with van der Waals surface area (Å²) in [6.07, 6.45) is 5.63. The Morgan fingerprint density at radius 1 is 0.833 bits per heavy atom. The van der Waals surface area contributed by atoms with Crippen LogP contribution in [0.25, 0.3) is 0 Å². The summed E-state index contributed by atoms with van der Waals surface area (Å²) in [7, 11) is 1.59. The Labute approximate surface area is 111 Å². The first-order valence-electron chi connectivity index (χ1n) is 6.90. The van der Waals surface area contributed by atoms with E-state index < -0.39 is 0 Å². The molecule has 0 saturated heterocycles. The van der Waals surface area contributed by atoms with Crippen LogP contribution < -0.4 is 0 Å². The molecule has 0 N–H and O–H groups in total. The Balaban J connectivity index is 4.40. The lowest BCUT2D eigenvalue weighted by molar-refractivity contribution is -0.0663. The fourth-order valence-corrected chi connectivity index (χ4v) is 1.57. The second kappa shape index (κ2) is 12.6. The molecule has 0 rings (SSSR count). The molecule has 0 atom stereocenters. The fourth-order valence-electron chi connectivity index (χ4n) is 1.57. The van der Waals surface area contributed by atoms with Gasteiger partial charge in [-0.2, -0.15) is 0 Å². The number of rotatable bonds is 12. The molecule has 0 bridgehead atoms. The lowest BCUT2D eigenvalue weighted by Crippen LogP contribution is -2.07. The van der Waals surface area contributed by atoms with Gasteiger partial charge in [-0.15, -0.1) is 0 Å². The molecule has 4 nitrogen and oxygen atoms in total. The molecule has 4 heteroatoms. The highest BCUT2D eigenvalue weighted by Crippen LogP contribution is 2.18. The first-order chi connectivity index (χ1) is 8.79. The third kappa shape index (κ3) is 8.23. The minimum absolute atomic E-state index is 0.181. The van der Waals surface area contributed by atoms with Crippen LogP contribution in [0, 0.1) is 0 Å². The summed E-state index contributed by atoms with van der Waals surface area (Å²) >= 11 is 0. The van der Waals surface area contributed by atoms with Gasteiger partial charge in [0.15, 0.2) is 12.6 Å². The molecule has 0 spiro atoms. The third-order valence-electron chi connectivity index (χ3n) is 2.39. The van der Waals surface area contributed by atoms with E-state index in [0.717, 1.165) is 18.6 Å². The SMILES string of the molecule is CCCCCCC(OCC)=C(OCC)OCOC. The second-order valence-corrected chi connectivity index (χ2v) is 3.94. The first-order valence-corrected chi connectivity index (χ1v) is 6.90. The van der Waals surface area contributed by atoms with Crippen LogP contribution in [0.1, 0.15) is 52.9 Å². The monoisotopic (exact) mass is 260 g/mol. The maximum Gasteiger partial charge on any atom is 0.321 e. The Morgan fingerprint density at radius 2 is 1.56 bits per heavy atom. The first kappa shape index (κ1) is 17.1. The molecule has 0 aromatic carbocycles. The zero-order valence-electron chi connectivity index (χ0n) is 12.3. The van der Waals surface area contributed by atoms with E-state index in [4.69, 9.17) is 18.9 Å². The van der Waals surface area contributed by atoms with Gasteiger partial charge in [-0.3, -0.25) is 0 Å². The van der Waals surface area contributed by atoms with Gasteiger partial charge >= 0.3 is 5.95 Å². The van der Waals surface area contributed by atoms with E-state index in [9.17, 15) is 0 Å². The van der Waals surface area contributed by atoms with Gasteiger partial charge in [0.2, 0.25) is 0 Å². The molecule has 18 heavy (non-hydrogen) atoms. The van der Waals surface area contributed by atoms with Crippen molar-refractivity contribution in [1.29, 1.82) is 0 Å². The van der Waals surface area contributed by atoms with Crippen LogP contribution in [0.5, 0.6) is 0 Å². The molecule has 0 fully saturated rings. The van der Waals surface area contributed by atoms with E-state index in [-0.39, 0.29) is 6.79 Å². The fraction of sp³-hybridized carbons (Fsp3) is 0.857. The molecular formula is C14H28O4. The van der Waals surface area contributed by atoms with Crippen molar-refractivity contribution in [2.75, 3.05) is 27.1 Å². The molecule has 0 aromatic rings. The number of unbranched alkanes of at least 4 members (excludes halogenated alkanes) is 3. The van der Waals surface area contributed by atoms with Crippen molar-refractivity contribution in [3.63, 3.8) is 0 Å². The summed E-state index contributed by atoms with van der Waals surface area (Å²) in [5, 5.41) is 0. The second-order valence-electron chi connectivity index (χ2n) is 3.94. The maximum atomic E-state index is 5.61. The van der Waals surface area contributed by atoms with Crippen molar-refractivity contribution in [3.8, 4) is 0 Å². The quantitative estimate of drug-likeness (QED) is 0.304. The largest absolute Gasteiger partial charge is 0.491 e. The molecule has 0 saturated carbocycles. The van der Waals surface area contributed by atoms with Crippen LogP contribution in [-0.4, -0.2) is 27.1 Å². The summed E-state index contributed by atoms with van der Waals surface area (Å²) in [5.74, 6) is 1.27. The average Bonchev–Trinajstić information content (AvgIpc) is 2.38. The van der Waals surface area contributed by atoms with Gasteiger partial charge in [-0.25, -0.2) is 0 Å². The molecule has 0 amide bonds. The molecule has 0 heterocycles. The summed E-state index contributed by atoms with van der Waals surface area (Å²) in [6.45, 7) is 7.46. The normalized spacial score (nSPS) is 12.0. The highest BCUT2D eigenvalue weighted by molar-refractivity contribution is 4.95. The van der Waals surface area contributed by atoms with Crippen molar-refractivity contribution in [2.45, 2.75) is 52.9 Å². The van der Waals surface area contributed by atoms with Crippen molar-refractivity contribution in [3.05, 3.63) is 11.7 Å². The predicted octanol–water partition coefficient (Wildman–Crippen LogP) is 3.82. The van der Waals surface area contributed by atoms with E-state index >= 15 is 0 Å². The Morgan fingerprint density at radius 3 is 2.11 bits per heavy atom. The number of ether oxygens (including phenoxy) is 4. The van der Waals surface area contributed by atoms with Crippen LogP contribution in [-0.2, 0) is 18.9 Å². The Bertz CT molecular complexity index is 214. The van der Waals surface area contributed by atoms with Crippen molar-refractivity contribution < 1.29 is 18.9 Å². The predicted molar refractivity (Wildman–Crippen MR) is 72.0 cm³/mol. The molecule has 0 radical (unpaired) electrons. The Hall–Kier alpha value is -0.900. The molecule has 0 aromatic heterocycles. The summed E-state index contributed by atoms with van der Waals surface area (Å²) in [5.41, 5.74) is 0. The van der Waals surface area contributed by atoms with Crippen LogP contribution in [0.3, 0.4) is 0 Å². The minimum atomic E-state index is 0.181. The van der Waals surface area contributed by atoms with E-state index in [1.807, 2.05) is 13.8 Å². The van der Waals surface area contributed by atoms with E-state index in [1.54, 1.807) is 7.11 Å². The number of hydrogen-bond acceptors (Lipinski definition) is 4. The van der Waals surface area contributed by atoms with Gasteiger partial charge in [0, 0.05) is 13.5 Å². The number of methoxy groups -OCH3 is 1. The van der Waals surface area contributed by atoms with Gasteiger partial charge in [0.1, 0.15) is 0 Å². The standard InChI is InChI=1S/C14H28O4/c1-5-8-9-10-11-13(16-6-2)14(17-7-3)18-12-15-4/h5-12H2,1-4H3. The lowest BCUT2D eigenvalue weighted by atomic mass is 10.1. The van der Waals surface area contributed by atoms with E-state index in [2.05, 4.69) is 6.92 Å². The van der Waals surface area contributed by atoms with Gasteiger partial charge in [-0.05, 0) is 20.3 Å². The van der Waals surface area contributed by atoms with Crippen molar-refractivity contribution in [1.82, 2.24) is 0 Å². The zero-order chi connectivity index (χ0) is 13.6. The van der Waals surface area contributed by atoms with Crippen LogP contribution >= 0.6 is 0 Å². The average molecular weight is 260 g/mol. The smallest absolute Gasteiger partial charge is 0.321 e. The maximum absolute atomic E-state index is 5.61. The molecular weight excluding hydrogens is 232 g/mol. The van der Waals surface area contributed by atoms with Crippen LogP contribution in [0.4, 0.5) is 0 Å². The molecule has 108 valence electrons. The van der Waals surface area contributed by atoms with E-state index in [0.29, 0.717) is 19.2 Å². The summed E-state index contributed by atoms with van der Waals surface area (Å²) < 4.78 is 21.4. The minimum Gasteiger partial charge on any atom is -0.491 e. The number of hydrogen-bond donors (Lipinski definition) is 0. The third-order valence-corrected chi connectivity index (χ3v) is 2.39. The summed E-state index contributed by atoms with van der Waals surface area (Å²) in [4.78, 5) is 0. The van der Waals surface area contributed by atoms with Gasteiger partial charge in [-0.1, -0.05) is 26.2 Å². The van der Waals surface area contributed by atoms with Gasteiger partial charge in [0.25, 0.3) is 0 Å².